The van der Waals surface area contributed by atoms with Gasteiger partial charge in [-0.25, -0.2) is 5.01 Å². The molecule has 12 rings (SSSR count). The molecule has 0 heterocycles. The molecule has 12 aromatic rings. The maximum atomic E-state index is 4.97. The molecule has 0 amide bonds. The molecule has 0 radical (unpaired) electrons. The Labute approximate surface area is 457 Å². The highest BCUT2D eigenvalue weighted by Gasteiger charge is 2.17. The summed E-state index contributed by atoms with van der Waals surface area (Å²) in [5, 5.41) is 6.94. The third-order valence-corrected chi connectivity index (χ3v) is 13.9. The van der Waals surface area contributed by atoms with Crippen molar-refractivity contribution in [2.24, 2.45) is 5.10 Å². The van der Waals surface area contributed by atoms with Crippen molar-refractivity contribution in [3.63, 3.8) is 0 Å². The minimum absolute atomic E-state index is 0.991. The number of para-hydroxylation sites is 7. The monoisotopic (exact) mass is 1000 g/mol. The summed E-state index contributed by atoms with van der Waals surface area (Å²) in [5.74, 6) is 0. The predicted molar refractivity (Wildman–Crippen MR) is 329 cm³/mol. The molecule has 12 aromatic carbocycles. The highest BCUT2D eigenvalue weighted by atomic mass is 15.5. The fourth-order valence-corrected chi connectivity index (χ4v) is 10.0. The number of rotatable bonds is 16. The van der Waals surface area contributed by atoms with Gasteiger partial charge >= 0.3 is 0 Å². The van der Waals surface area contributed by atoms with Crippen LogP contribution in [0.15, 0.2) is 333 Å². The first-order chi connectivity index (χ1) is 38.7. The van der Waals surface area contributed by atoms with E-state index < -0.39 is 0 Å². The van der Waals surface area contributed by atoms with E-state index in [1.807, 2.05) is 47.6 Å². The SMILES string of the molecule is C(=NN(c1ccccc1)c1ccccc1)c1ccc(N(c2ccccc2)c2ccc(-c3cc(-c4ccc(N(c5ccccc5)c5ccccc5)cc4)cc(-c4ccc(N(c5ccccc5)c5ccccc5)cc4)c3)cc2)cc1. The maximum Gasteiger partial charge on any atom is 0.0652 e. The van der Waals surface area contributed by atoms with Crippen molar-refractivity contribution < 1.29 is 0 Å². The van der Waals surface area contributed by atoms with Crippen LogP contribution in [0.2, 0.25) is 0 Å². The van der Waals surface area contributed by atoms with Gasteiger partial charge in [0.15, 0.2) is 0 Å². The minimum Gasteiger partial charge on any atom is -0.311 e. The minimum atomic E-state index is 0.991. The standard InChI is InChI=1S/C73H55N5/c1-8-22-63(23-9-1)75(64-24-10-2-11-25-64)69-46-38-57(39-47-69)60-52-61(58-40-48-70(49-41-58)76(65-26-12-3-13-27-65)66-28-14-4-15-29-66)54-62(53-60)59-42-50-71(51-43-59)77(67-30-16-5-17-31-67)68-44-36-56(37-45-68)55-74-78(72-32-18-6-19-33-72)73-34-20-7-21-35-73/h1-55H. The quantitative estimate of drug-likeness (QED) is 0.0711. The van der Waals surface area contributed by atoms with Crippen LogP contribution >= 0.6 is 0 Å². The summed E-state index contributed by atoms with van der Waals surface area (Å²) in [6.07, 6.45) is 1.92. The van der Waals surface area contributed by atoms with Crippen LogP contribution < -0.4 is 19.7 Å². The molecule has 0 saturated carbocycles. The van der Waals surface area contributed by atoms with E-state index in [-0.39, 0.29) is 0 Å². The van der Waals surface area contributed by atoms with Gasteiger partial charge < -0.3 is 14.7 Å². The van der Waals surface area contributed by atoms with Crippen LogP contribution in [0.1, 0.15) is 5.56 Å². The molecule has 0 aliphatic carbocycles. The highest BCUT2D eigenvalue weighted by molar-refractivity contribution is 5.87. The molecular weight excluding hydrogens is 947 g/mol. The van der Waals surface area contributed by atoms with Crippen molar-refractivity contribution in [1.29, 1.82) is 0 Å². The lowest BCUT2D eigenvalue weighted by atomic mass is 9.93. The van der Waals surface area contributed by atoms with Crippen molar-refractivity contribution in [3.8, 4) is 33.4 Å². The van der Waals surface area contributed by atoms with Crippen molar-refractivity contribution >= 4 is 68.8 Å². The van der Waals surface area contributed by atoms with Gasteiger partial charge in [0, 0.05) is 51.2 Å². The Morgan fingerprint density at radius 1 is 0.192 bits per heavy atom. The first-order valence-electron chi connectivity index (χ1n) is 26.3. The third kappa shape index (κ3) is 10.9. The molecule has 0 saturated heterocycles. The second-order valence-electron chi connectivity index (χ2n) is 18.9. The molecule has 0 unspecified atom stereocenters. The summed E-state index contributed by atoms with van der Waals surface area (Å²) < 4.78 is 0. The molecule has 0 bridgehead atoms. The molecule has 0 aliphatic rings. The predicted octanol–water partition coefficient (Wildman–Crippen LogP) is 20.3. The average Bonchev–Trinajstić information content (AvgIpc) is 3.52. The lowest BCUT2D eigenvalue weighted by Crippen LogP contribution is -2.10. The van der Waals surface area contributed by atoms with E-state index in [1.165, 1.54) is 0 Å². The van der Waals surface area contributed by atoms with Gasteiger partial charge in [-0.2, -0.15) is 5.10 Å². The zero-order chi connectivity index (χ0) is 52.3. The molecule has 0 N–H and O–H groups in total. The molecule has 0 atom stereocenters. The van der Waals surface area contributed by atoms with Crippen molar-refractivity contribution in [2.75, 3.05) is 19.7 Å². The summed E-state index contributed by atoms with van der Waals surface area (Å²) in [6, 6.07) is 116. The summed E-state index contributed by atoms with van der Waals surface area (Å²) in [5.41, 5.74) is 19.5. The summed E-state index contributed by atoms with van der Waals surface area (Å²) in [7, 11) is 0. The zero-order valence-electron chi connectivity index (χ0n) is 43.0. The molecular formula is C73H55N5. The molecule has 372 valence electrons. The normalized spacial score (nSPS) is 11.0. The fraction of sp³-hybridized carbons (Fsp3) is 0. The van der Waals surface area contributed by atoms with Crippen molar-refractivity contribution in [3.05, 3.63) is 333 Å². The molecule has 0 spiro atoms. The van der Waals surface area contributed by atoms with Crippen LogP contribution in [0.3, 0.4) is 0 Å². The van der Waals surface area contributed by atoms with Crippen LogP contribution in [0.25, 0.3) is 33.4 Å². The second kappa shape index (κ2) is 23.0. The summed E-state index contributed by atoms with van der Waals surface area (Å²) >= 11 is 0. The van der Waals surface area contributed by atoms with E-state index in [0.717, 1.165) is 102 Å². The van der Waals surface area contributed by atoms with E-state index in [4.69, 9.17) is 5.10 Å². The highest BCUT2D eigenvalue weighted by Crippen LogP contribution is 2.41. The Balaban J connectivity index is 0.895. The molecule has 0 aromatic heterocycles. The molecule has 0 aliphatic heterocycles. The summed E-state index contributed by atoms with van der Waals surface area (Å²) in [6.45, 7) is 0. The number of benzene rings is 12. The summed E-state index contributed by atoms with van der Waals surface area (Å²) in [4.78, 5) is 6.91. The number of nitrogens with zero attached hydrogens (tertiary/aromatic N) is 5. The van der Waals surface area contributed by atoms with Gasteiger partial charge in [0.2, 0.25) is 0 Å². The Hall–Kier alpha value is -10.5. The maximum absolute atomic E-state index is 4.97. The molecule has 5 heteroatoms. The van der Waals surface area contributed by atoms with Gasteiger partial charge in [0.05, 0.1) is 17.6 Å². The van der Waals surface area contributed by atoms with E-state index in [0.29, 0.717) is 0 Å². The van der Waals surface area contributed by atoms with E-state index in [1.54, 1.807) is 0 Å². The smallest absolute Gasteiger partial charge is 0.0652 e. The topological polar surface area (TPSA) is 25.3 Å². The van der Waals surface area contributed by atoms with Gasteiger partial charge in [-0.3, -0.25) is 0 Å². The largest absolute Gasteiger partial charge is 0.311 e. The van der Waals surface area contributed by atoms with Gasteiger partial charge in [-0.15, -0.1) is 0 Å². The van der Waals surface area contributed by atoms with Crippen LogP contribution in [-0.4, -0.2) is 6.21 Å². The van der Waals surface area contributed by atoms with E-state index in [2.05, 4.69) is 306 Å². The fourth-order valence-electron chi connectivity index (χ4n) is 10.0. The van der Waals surface area contributed by atoms with Gasteiger partial charge in [0.1, 0.15) is 0 Å². The lowest BCUT2D eigenvalue weighted by molar-refractivity contribution is 1.09. The zero-order valence-corrected chi connectivity index (χ0v) is 43.0. The van der Waals surface area contributed by atoms with E-state index >= 15 is 0 Å². The van der Waals surface area contributed by atoms with Crippen molar-refractivity contribution in [1.82, 2.24) is 0 Å². The first-order valence-corrected chi connectivity index (χ1v) is 26.3. The number of hydrogen-bond donors (Lipinski definition) is 0. The molecule has 5 nitrogen and oxygen atoms in total. The van der Waals surface area contributed by atoms with E-state index in [9.17, 15) is 0 Å². The number of hydrogen-bond acceptors (Lipinski definition) is 5. The first kappa shape index (κ1) is 48.4. The van der Waals surface area contributed by atoms with Crippen LogP contribution in [0.4, 0.5) is 62.6 Å². The van der Waals surface area contributed by atoms with Crippen molar-refractivity contribution in [2.45, 2.75) is 0 Å². The Bertz CT molecular complexity index is 3580. The van der Waals surface area contributed by atoms with Gasteiger partial charge in [-0.05, 0) is 191 Å². The molecule has 78 heavy (non-hydrogen) atoms. The number of hydrazone groups is 1. The average molecular weight is 1000 g/mol. The molecule has 0 fully saturated rings. The van der Waals surface area contributed by atoms with Crippen LogP contribution in [0, 0.1) is 0 Å². The Morgan fingerprint density at radius 2 is 0.397 bits per heavy atom. The van der Waals surface area contributed by atoms with Gasteiger partial charge in [0.25, 0.3) is 0 Å². The van der Waals surface area contributed by atoms with Crippen LogP contribution in [0.5, 0.6) is 0 Å². The lowest BCUT2D eigenvalue weighted by Gasteiger charge is -2.26. The van der Waals surface area contributed by atoms with Gasteiger partial charge in [-0.1, -0.05) is 176 Å². The number of anilines is 11. The van der Waals surface area contributed by atoms with Crippen LogP contribution in [-0.2, 0) is 0 Å². The second-order valence-corrected chi connectivity index (χ2v) is 18.9. The Morgan fingerprint density at radius 3 is 0.641 bits per heavy atom. The third-order valence-electron chi connectivity index (χ3n) is 13.9. The Kier molecular flexibility index (Phi) is 14.3.